The zero-order chi connectivity index (χ0) is 7.72. The molecule has 0 radical (unpaired) electrons. The number of aliphatic hydroxyl groups excluding tert-OH is 1. The van der Waals surface area contributed by atoms with E-state index in [1.807, 2.05) is 0 Å². The lowest BCUT2D eigenvalue weighted by Gasteiger charge is -2.06. The number of carbonyl (C=O) groups excluding carboxylic acids is 2. The van der Waals surface area contributed by atoms with Crippen LogP contribution in [-0.2, 0) is 9.59 Å². The Kier molecular flexibility index (Phi) is 1.55. The minimum atomic E-state index is -0.545. The Labute approximate surface area is 57.7 Å². The van der Waals surface area contributed by atoms with Gasteiger partial charge in [0, 0.05) is 5.57 Å². The first kappa shape index (κ1) is 6.95. The fourth-order valence-corrected chi connectivity index (χ4v) is 0.801. The van der Waals surface area contributed by atoms with Gasteiger partial charge in [-0.15, -0.1) is 0 Å². The van der Waals surface area contributed by atoms with E-state index in [9.17, 15) is 9.59 Å². The maximum Gasteiger partial charge on any atom is 0.258 e. The number of amides is 2. The predicted molar refractivity (Wildman–Crippen MR) is 32.7 cm³/mol. The molecule has 1 rings (SSSR count). The highest BCUT2D eigenvalue weighted by atomic mass is 16.3. The third-order valence-electron chi connectivity index (χ3n) is 1.35. The molecule has 0 aromatic heterocycles. The number of carbonyl (C=O) groups is 2. The maximum atomic E-state index is 10.8. The van der Waals surface area contributed by atoms with Crippen molar-refractivity contribution < 1.29 is 14.7 Å². The predicted octanol–water partition coefficient (Wildman–Crippen LogP) is -0.749. The summed E-state index contributed by atoms with van der Waals surface area (Å²) in [6.45, 7) is 2.82. The van der Waals surface area contributed by atoms with E-state index >= 15 is 0 Å². The van der Waals surface area contributed by atoms with Crippen LogP contribution in [0.25, 0.3) is 0 Å². The van der Waals surface area contributed by atoms with Gasteiger partial charge >= 0.3 is 0 Å². The summed E-state index contributed by atoms with van der Waals surface area (Å²) in [5.41, 5.74) is 0.249. The van der Waals surface area contributed by atoms with E-state index < -0.39 is 12.6 Å². The topological polar surface area (TPSA) is 57.6 Å². The third kappa shape index (κ3) is 0.823. The minimum Gasteiger partial charge on any atom is -0.376 e. The van der Waals surface area contributed by atoms with Crippen LogP contribution in [0.5, 0.6) is 0 Å². The lowest BCUT2D eigenvalue weighted by Crippen LogP contribution is -2.29. The van der Waals surface area contributed by atoms with Crippen molar-refractivity contribution in [3.63, 3.8) is 0 Å². The van der Waals surface area contributed by atoms with Crippen molar-refractivity contribution in [2.45, 2.75) is 6.42 Å². The molecule has 4 heteroatoms. The summed E-state index contributed by atoms with van der Waals surface area (Å²) < 4.78 is 0. The van der Waals surface area contributed by atoms with Gasteiger partial charge in [0.1, 0.15) is 6.73 Å². The molecule has 2 amide bonds. The largest absolute Gasteiger partial charge is 0.376 e. The molecular weight excluding hydrogens is 134 g/mol. The van der Waals surface area contributed by atoms with E-state index in [0.29, 0.717) is 0 Å². The van der Waals surface area contributed by atoms with E-state index in [1.54, 1.807) is 0 Å². The highest BCUT2D eigenvalue weighted by Gasteiger charge is 2.31. The zero-order valence-corrected chi connectivity index (χ0v) is 5.33. The highest BCUT2D eigenvalue weighted by Crippen LogP contribution is 2.14. The molecule has 4 nitrogen and oxygen atoms in total. The van der Waals surface area contributed by atoms with Gasteiger partial charge in [-0.2, -0.15) is 0 Å². The Balaban J connectivity index is 2.84. The first-order valence-electron chi connectivity index (χ1n) is 2.80. The van der Waals surface area contributed by atoms with Crippen molar-refractivity contribution in [1.82, 2.24) is 4.90 Å². The Hall–Kier alpha value is -1.16. The standard InChI is InChI=1S/C6H7NO3/c1-4-2-5(9)7(3-8)6(4)10/h8H,1-3H2. The maximum absolute atomic E-state index is 10.8. The van der Waals surface area contributed by atoms with Crippen LogP contribution in [0.4, 0.5) is 0 Å². The van der Waals surface area contributed by atoms with Crippen LogP contribution in [0.1, 0.15) is 6.42 Å². The Bertz CT molecular complexity index is 209. The summed E-state index contributed by atoms with van der Waals surface area (Å²) in [6, 6.07) is 0. The van der Waals surface area contributed by atoms with E-state index in [2.05, 4.69) is 6.58 Å². The first-order valence-corrected chi connectivity index (χ1v) is 2.80. The van der Waals surface area contributed by atoms with Crippen LogP contribution >= 0.6 is 0 Å². The van der Waals surface area contributed by atoms with Gasteiger partial charge in [-0.25, -0.2) is 0 Å². The van der Waals surface area contributed by atoms with E-state index in [1.165, 1.54) is 0 Å². The van der Waals surface area contributed by atoms with Crippen LogP contribution in [-0.4, -0.2) is 28.6 Å². The smallest absolute Gasteiger partial charge is 0.258 e. The molecule has 1 heterocycles. The average molecular weight is 141 g/mol. The van der Waals surface area contributed by atoms with Crippen LogP contribution in [0.3, 0.4) is 0 Å². The number of nitrogens with zero attached hydrogens (tertiary/aromatic N) is 1. The number of hydrogen-bond acceptors (Lipinski definition) is 3. The van der Waals surface area contributed by atoms with Gasteiger partial charge in [-0.05, 0) is 0 Å². The Morgan fingerprint density at radius 1 is 1.60 bits per heavy atom. The van der Waals surface area contributed by atoms with Crippen LogP contribution in [0, 0.1) is 0 Å². The molecule has 0 saturated carbocycles. The SMILES string of the molecule is C=C1CC(=O)N(CO)C1=O. The summed E-state index contributed by atoms with van der Waals surface area (Å²) in [6.07, 6.45) is 0.0411. The molecule has 1 aliphatic heterocycles. The van der Waals surface area contributed by atoms with Crippen LogP contribution in [0.15, 0.2) is 12.2 Å². The Morgan fingerprint density at radius 2 is 2.20 bits per heavy atom. The molecule has 1 N–H and O–H groups in total. The summed E-state index contributed by atoms with van der Waals surface area (Å²) in [7, 11) is 0. The van der Waals surface area contributed by atoms with Crippen molar-refractivity contribution in [1.29, 1.82) is 0 Å². The fraction of sp³-hybridized carbons (Fsp3) is 0.333. The summed E-state index contributed by atoms with van der Waals surface area (Å²) >= 11 is 0. The van der Waals surface area contributed by atoms with Gasteiger partial charge in [-0.3, -0.25) is 14.5 Å². The Morgan fingerprint density at radius 3 is 2.40 bits per heavy atom. The van der Waals surface area contributed by atoms with Crippen molar-refractivity contribution in [2.24, 2.45) is 0 Å². The second kappa shape index (κ2) is 2.22. The molecule has 0 aromatic rings. The molecule has 0 bridgehead atoms. The molecule has 0 aliphatic carbocycles. The molecule has 0 spiro atoms. The van der Waals surface area contributed by atoms with Crippen molar-refractivity contribution >= 4 is 11.8 Å². The normalized spacial score (nSPS) is 18.9. The molecule has 1 saturated heterocycles. The lowest BCUT2D eigenvalue weighted by molar-refractivity contribution is -0.141. The number of hydrogen-bond donors (Lipinski definition) is 1. The van der Waals surface area contributed by atoms with Gasteiger partial charge < -0.3 is 5.11 Å². The minimum absolute atomic E-state index is 0.0411. The van der Waals surface area contributed by atoms with E-state index in [0.717, 1.165) is 4.90 Å². The van der Waals surface area contributed by atoms with Crippen molar-refractivity contribution in [3.05, 3.63) is 12.2 Å². The summed E-state index contributed by atoms with van der Waals surface area (Å²) in [5, 5.41) is 8.47. The molecule has 1 aliphatic rings. The monoisotopic (exact) mass is 141 g/mol. The number of aliphatic hydroxyl groups is 1. The number of likely N-dealkylation sites (tertiary alicyclic amines) is 1. The zero-order valence-electron chi connectivity index (χ0n) is 5.33. The lowest BCUT2D eigenvalue weighted by atomic mass is 10.3. The average Bonchev–Trinajstić information content (AvgIpc) is 2.09. The molecule has 54 valence electrons. The van der Waals surface area contributed by atoms with Gasteiger partial charge in [0.2, 0.25) is 5.91 Å². The number of imide groups is 1. The molecule has 0 unspecified atom stereocenters. The first-order chi connectivity index (χ1) is 4.66. The van der Waals surface area contributed by atoms with Crippen molar-refractivity contribution in [2.75, 3.05) is 6.73 Å². The molecule has 0 aromatic carbocycles. The van der Waals surface area contributed by atoms with E-state index in [-0.39, 0.29) is 17.9 Å². The molecule has 1 fully saturated rings. The third-order valence-corrected chi connectivity index (χ3v) is 1.35. The quantitative estimate of drug-likeness (QED) is 0.386. The summed E-state index contributed by atoms with van der Waals surface area (Å²) in [5.74, 6) is -0.843. The van der Waals surface area contributed by atoms with Crippen LogP contribution in [0.2, 0.25) is 0 Å². The fourth-order valence-electron chi connectivity index (χ4n) is 0.801. The van der Waals surface area contributed by atoms with Crippen LogP contribution < -0.4 is 0 Å². The summed E-state index contributed by atoms with van der Waals surface area (Å²) in [4.78, 5) is 22.3. The second-order valence-electron chi connectivity index (χ2n) is 2.05. The molecule has 0 atom stereocenters. The molecule has 10 heavy (non-hydrogen) atoms. The van der Waals surface area contributed by atoms with Gasteiger partial charge in [-0.1, -0.05) is 6.58 Å². The van der Waals surface area contributed by atoms with E-state index in [4.69, 9.17) is 5.11 Å². The highest BCUT2D eigenvalue weighted by molar-refractivity contribution is 6.12. The van der Waals surface area contributed by atoms with Crippen molar-refractivity contribution in [3.8, 4) is 0 Å². The van der Waals surface area contributed by atoms with Gasteiger partial charge in [0.05, 0.1) is 6.42 Å². The molecular formula is C6H7NO3. The second-order valence-corrected chi connectivity index (χ2v) is 2.05. The van der Waals surface area contributed by atoms with Gasteiger partial charge in [0.15, 0.2) is 0 Å². The number of rotatable bonds is 1. The van der Waals surface area contributed by atoms with Gasteiger partial charge in [0.25, 0.3) is 5.91 Å².